The van der Waals surface area contributed by atoms with Gasteiger partial charge < -0.3 is 0 Å². The van der Waals surface area contributed by atoms with Crippen molar-refractivity contribution in [2.24, 2.45) is 0 Å². The predicted molar refractivity (Wildman–Crippen MR) is 219 cm³/mol. The van der Waals surface area contributed by atoms with E-state index < -0.39 is 5.41 Å². The Morgan fingerprint density at radius 3 is 1.64 bits per heavy atom. The summed E-state index contributed by atoms with van der Waals surface area (Å²) in [6.07, 6.45) is 0. The van der Waals surface area contributed by atoms with Gasteiger partial charge in [-0.3, -0.25) is 0 Å². The number of hydrogen-bond donors (Lipinski definition) is 0. The highest BCUT2D eigenvalue weighted by Crippen LogP contribution is 2.60. The molecule has 0 spiro atoms. The van der Waals surface area contributed by atoms with Gasteiger partial charge in [0.25, 0.3) is 0 Å². The lowest BCUT2D eigenvalue weighted by molar-refractivity contribution is 0.775. The molecule has 0 bridgehead atoms. The average Bonchev–Trinajstić information content (AvgIpc) is 3.57. The zero-order valence-electron chi connectivity index (χ0n) is 29.0. The number of rotatable bonds is 6. The SMILES string of the molecule is c1ccc(-c2cccc(-c3cc(-c4cccc5c4-c4ccc6ccccc6c4C5(c4ccccc4)c4ccccc4)nc(-c4ccccc4)n3)c2)cc1. The minimum absolute atomic E-state index is 0.549. The summed E-state index contributed by atoms with van der Waals surface area (Å²) in [5, 5.41) is 2.48. The van der Waals surface area contributed by atoms with Crippen molar-refractivity contribution in [1.82, 2.24) is 9.97 Å². The normalized spacial score (nSPS) is 12.7. The fraction of sp³-hybridized carbons (Fsp3) is 0.0196. The molecule has 0 amide bonds. The Morgan fingerprint density at radius 2 is 0.925 bits per heavy atom. The first-order valence-corrected chi connectivity index (χ1v) is 18.2. The minimum Gasteiger partial charge on any atom is -0.228 e. The van der Waals surface area contributed by atoms with Crippen LogP contribution in [0.1, 0.15) is 22.3 Å². The van der Waals surface area contributed by atoms with E-state index in [9.17, 15) is 0 Å². The van der Waals surface area contributed by atoms with Gasteiger partial charge in [-0.25, -0.2) is 9.97 Å². The van der Waals surface area contributed by atoms with Crippen LogP contribution in [0.2, 0.25) is 0 Å². The van der Waals surface area contributed by atoms with Crippen molar-refractivity contribution in [1.29, 1.82) is 0 Å². The molecule has 0 aliphatic heterocycles. The number of hydrogen-bond acceptors (Lipinski definition) is 2. The predicted octanol–water partition coefficient (Wildman–Crippen LogP) is 12.7. The van der Waals surface area contributed by atoms with E-state index in [0.29, 0.717) is 5.82 Å². The molecule has 9 aromatic rings. The Kier molecular flexibility index (Phi) is 7.40. The molecule has 0 radical (unpaired) electrons. The third-order valence-corrected chi connectivity index (χ3v) is 10.8. The van der Waals surface area contributed by atoms with Gasteiger partial charge in [-0.1, -0.05) is 194 Å². The highest BCUT2D eigenvalue weighted by molar-refractivity contribution is 6.04. The molecule has 1 aromatic heterocycles. The van der Waals surface area contributed by atoms with Gasteiger partial charge in [0, 0.05) is 16.7 Å². The van der Waals surface area contributed by atoms with Crippen molar-refractivity contribution in [2.45, 2.75) is 5.41 Å². The zero-order valence-corrected chi connectivity index (χ0v) is 29.0. The van der Waals surface area contributed by atoms with Crippen molar-refractivity contribution in [3.05, 3.63) is 229 Å². The monoisotopic (exact) mass is 674 g/mol. The summed E-state index contributed by atoms with van der Waals surface area (Å²) in [6.45, 7) is 0. The fourth-order valence-electron chi connectivity index (χ4n) is 8.47. The Labute approximate surface area is 309 Å². The lowest BCUT2D eigenvalue weighted by Gasteiger charge is -2.34. The highest BCUT2D eigenvalue weighted by atomic mass is 14.9. The molecule has 10 rings (SSSR count). The lowest BCUT2D eigenvalue weighted by Crippen LogP contribution is -2.28. The second-order valence-electron chi connectivity index (χ2n) is 13.7. The maximum atomic E-state index is 5.37. The Balaban J connectivity index is 1.28. The first-order chi connectivity index (χ1) is 26.3. The second-order valence-corrected chi connectivity index (χ2v) is 13.7. The molecule has 1 aliphatic rings. The first kappa shape index (κ1) is 30.9. The molecule has 0 fully saturated rings. The number of nitrogens with zero attached hydrogens (tertiary/aromatic N) is 2. The minimum atomic E-state index is -0.549. The molecule has 2 heteroatoms. The summed E-state index contributed by atoms with van der Waals surface area (Å²) in [7, 11) is 0. The summed E-state index contributed by atoms with van der Waals surface area (Å²) < 4.78 is 0. The topological polar surface area (TPSA) is 25.8 Å². The summed E-state index contributed by atoms with van der Waals surface area (Å²) in [6, 6.07) is 74.0. The summed E-state index contributed by atoms with van der Waals surface area (Å²) in [5.74, 6) is 0.704. The van der Waals surface area contributed by atoms with Gasteiger partial charge in [-0.15, -0.1) is 0 Å². The van der Waals surface area contributed by atoms with E-state index >= 15 is 0 Å². The van der Waals surface area contributed by atoms with Crippen LogP contribution in [0, 0.1) is 0 Å². The third-order valence-electron chi connectivity index (χ3n) is 10.8. The maximum absolute atomic E-state index is 5.37. The van der Waals surface area contributed by atoms with Crippen molar-refractivity contribution >= 4 is 10.8 Å². The van der Waals surface area contributed by atoms with Crippen LogP contribution in [0.4, 0.5) is 0 Å². The summed E-state index contributed by atoms with van der Waals surface area (Å²) >= 11 is 0. The van der Waals surface area contributed by atoms with Gasteiger partial charge in [0.05, 0.1) is 16.8 Å². The van der Waals surface area contributed by atoms with E-state index in [1.807, 2.05) is 6.07 Å². The molecule has 1 heterocycles. The van der Waals surface area contributed by atoms with E-state index in [4.69, 9.17) is 9.97 Å². The quantitative estimate of drug-likeness (QED) is 0.175. The molecule has 0 atom stereocenters. The fourth-order valence-corrected chi connectivity index (χ4v) is 8.47. The molecule has 248 valence electrons. The van der Waals surface area contributed by atoms with Crippen molar-refractivity contribution < 1.29 is 0 Å². The van der Waals surface area contributed by atoms with Crippen molar-refractivity contribution in [3.63, 3.8) is 0 Å². The average molecular weight is 675 g/mol. The number of benzene rings is 8. The number of aromatic nitrogens is 2. The van der Waals surface area contributed by atoms with E-state index in [2.05, 4.69) is 200 Å². The van der Waals surface area contributed by atoms with Crippen molar-refractivity contribution in [3.8, 4) is 56.2 Å². The Hall–Kier alpha value is -6.90. The van der Waals surface area contributed by atoms with Gasteiger partial charge >= 0.3 is 0 Å². The molecule has 8 aromatic carbocycles. The molecule has 0 saturated heterocycles. The van der Waals surface area contributed by atoms with Crippen molar-refractivity contribution in [2.75, 3.05) is 0 Å². The van der Waals surface area contributed by atoms with Crippen LogP contribution in [0.3, 0.4) is 0 Å². The molecule has 1 aliphatic carbocycles. The molecule has 2 nitrogen and oxygen atoms in total. The Morgan fingerprint density at radius 1 is 0.358 bits per heavy atom. The first-order valence-electron chi connectivity index (χ1n) is 18.2. The van der Waals surface area contributed by atoms with Crippen LogP contribution >= 0.6 is 0 Å². The van der Waals surface area contributed by atoms with Gasteiger partial charge in [0.2, 0.25) is 0 Å². The molecular weight excluding hydrogens is 641 g/mol. The van der Waals surface area contributed by atoms with Crippen LogP contribution in [0.15, 0.2) is 206 Å². The van der Waals surface area contributed by atoms with Crippen LogP contribution in [-0.2, 0) is 5.41 Å². The van der Waals surface area contributed by atoms with Crippen LogP contribution in [-0.4, -0.2) is 9.97 Å². The molecular formula is C51H34N2. The summed E-state index contributed by atoms with van der Waals surface area (Å²) in [4.78, 5) is 10.6. The number of fused-ring (bicyclic) bond motifs is 5. The summed E-state index contributed by atoms with van der Waals surface area (Å²) in [5.41, 5.74) is 14.2. The smallest absolute Gasteiger partial charge is 0.160 e. The molecule has 53 heavy (non-hydrogen) atoms. The van der Waals surface area contributed by atoms with E-state index in [-0.39, 0.29) is 0 Å². The van der Waals surface area contributed by atoms with E-state index in [1.54, 1.807) is 0 Å². The Bertz CT molecular complexity index is 2720. The standard InChI is InChI=1S/C51H34N2/c1-5-17-35(18-6-1)38-22-15-23-39(33-38)46-34-47(53-50(52-46)37-20-7-2-8-21-37)43-29-16-30-45-48(43)44-32-31-36-19-13-14-28-42(36)49(44)51(45,40-24-9-3-10-25-40)41-26-11-4-12-27-41/h1-34H. The van der Waals surface area contributed by atoms with Gasteiger partial charge in [-0.2, -0.15) is 0 Å². The van der Waals surface area contributed by atoms with Crippen LogP contribution in [0.25, 0.3) is 66.9 Å². The van der Waals surface area contributed by atoms with E-state index in [1.165, 1.54) is 49.7 Å². The molecule has 0 N–H and O–H groups in total. The maximum Gasteiger partial charge on any atom is 0.160 e. The van der Waals surface area contributed by atoms with Gasteiger partial charge in [-0.05, 0) is 67.4 Å². The second kappa shape index (κ2) is 12.7. The lowest BCUT2D eigenvalue weighted by atomic mass is 9.66. The highest BCUT2D eigenvalue weighted by Gasteiger charge is 2.48. The molecule has 0 unspecified atom stereocenters. The van der Waals surface area contributed by atoms with Crippen LogP contribution in [0.5, 0.6) is 0 Å². The van der Waals surface area contributed by atoms with Crippen LogP contribution < -0.4 is 0 Å². The third kappa shape index (κ3) is 5.03. The van der Waals surface area contributed by atoms with E-state index in [0.717, 1.165) is 33.6 Å². The van der Waals surface area contributed by atoms with Gasteiger partial charge in [0.15, 0.2) is 5.82 Å². The molecule has 0 saturated carbocycles. The largest absolute Gasteiger partial charge is 0.228 e. The zero-order chi connectivity index (χ0) is 35.2. The van der Waals surface area contributed by atoms with Gasteiger partial charge in [0.1, 0.15) is 0 Å².